The summed E-state index contributed by atoms with van der Waals surface area (Å²) in [5, 5.41) is 9.51. The van der Waals surface area contributed by atoms with Crippen molar-refractivity contribution in [3.8, 4) is 11.7 Å². The van der Waals surface area contributed by atoms with Gasteiger partial charge in [0.1, 0.15) is 12.6 Å². The number of carbonyl (C=O) groups excluding carboxylic acids is 1. The van der Waals surface area contributed by atoms with Crippen LogP contribution < -0.4 is 9.04 Å². The van der Waals surface area contributed by atoms with Crippen LogP contribution in [0.1, 0.15) is 26.2 Å². The Morgan fingerprint density at radius 3 is 2.59 bits per heavy atom. The number of fused-ring (bicyclic) bond motifs is 1. The maximum absolute atomic E-state index is 13.8. The number of hydrogen-bond donors (Lipinski definition) is 0. The molecule has 0 bridgehead atoms. The summed E-state index contributed by atoms with van der Waals surface area (Å²) < 4.78 is 46.8. The minimum atomic E-state index is -4.24. The average molecular weight is 620 g/mol. The molecule has 4 aromatic rings. The van der Waals surface area contributed by atoms with Crippen LogP contribution in [0.4, 0.5) is 5.69 Å². The molecule has 13 heteroatoms. The van der Waals surface area contributed by atoms with E-state index in [1.807, 2.05) is 17.6 Å². The largest absolute Gasteiger partial charge is 0.471 e. The molecule has 1 aliphatic heterocycles. The summed E-state index contributed by atoms with van der Waals surface area (Å²) in [5.41, 5.74) is 1.03. The van der Waals surface area contributed by atoms with E-state index < -0.39 is 22.5 Å². The quantitative estimate of drug-likeness (QED) is 0.161. The number of esters is 1. The molecule has 1 fully saturated rings. The number of carbonyl (C=O) groups is 1. The van der Waals surface area contributed by atoms with E-state index in [0.717, 1.165) is 28.0 Å². The molecule has 1 atom stereocenters. The number of rotatable bonds is 11. The zero-order chi connectivity index (χ0) is 29.0. The SMILES string of the molecule is CCCCOC(=O)CN(c1ccc2c(ccn2-c2ccc(O[C@@H]3CCOC3)nn2)c1)S(=O)(=O)c1cc(Cl)cc(Cl)c1. The van der Waals surface area contributed by atoms with E-state index in [1.165, 1.54) is 18.2 Å². The molecule has 5 rings (SSSR count). The van der Waals surface area contributed by atoms with Crippen molar-refractivity contribution in [2.45, 2.75) is 37.2 Å². The highest BCUT2D eigenvalue weighted by Crippen LogP contribution is 2.31. The third-order valence-electron chi connectivity index (χ3n) is 6.47. The maximum atomic E-state index is 13.8. The Morgan fingerprint density at radius 2 is 1.90 bits per heavy atom. The van der Waals surface area contributed by atoms with Crippen LogP contribution in [0.3, 0.4) is 0 Å². The molecule has 0 radical (unpaired) electrons. The second kappa shape index (κ2) is 12.6. The van der Waals surface area contributed by atoms with Crippen molar-refractivity contribution in [3.05, 3.63) is 70.8 Å². The van der Waals surface area contributed by atoms with Gasteiger partial charge in [0.15, 0.2) is 5.82 Å². The van der Waals surface area contributed by atoms with Crippen LogP contribution in [-0.2, 0) is 24.3 Å². The highest BCUT2D eigenvalue weighted by Gasteiger charge is 2.29. The summed E-state index contributed by atoms with van der Waals surface area (Å²) in [6, 6.07) is 14.4. The first-order valence-corrected chi connectivity index (χ1v) is 15.3. The standard InChI is InChI=1S/C28H28Cl2N4O6S/c1-2-3-11-39-28(35)17-34(41(36,37)24-15-20(29)14-21(30)16-24)22-4-5-25-19(13-22)8-10-33(25)26-6-7-27(32-31-26)40-23-9-12-38-18-23/h4-8,10,13-16,23H,2-3,9,11-12,17-18H2,1H3/t23-/m1/s1. The van der Waals surface area contributed by atoms with E-state index in [2.05, 4.69) is 10.2 Å². The fourth-order valence-corrected chi connectivity index (χ4v) is 6.51. The van der Waals surface area contributed by atoms with Crippen LogP contribution in [0.15, 0.2) is 65.7 Å². The lowest BCUT2D eigenvalue weighted by molar-refractivity contribution is -0.141. The number of unbranched alkanes of at least 4 members (excludes halogenated alkanes) is 1. The summed E-state index contributed by atoms with van der Waals surface area (Å²) in [7, 11) is -4.24. The number of anilines is 1. The van der Waals surface area contributed by atoms with Crippen molar-refractivity contribution in [2.24, 2.45) is 0 Å². The number of nitrogens with zero attached hydrogens (tertiary/aromatic N) is 4. The second-order valence-corrected chi connectivity index (χ2v) is 12.2. The van der Waals surface area contributed by atoms with Crippen molar-refractivity contribution >= 4 is 55.8 Å². The van der Waals surface area contributed by atoms with Crippen molar-refractivity contribution < 1.29 is 27.4 Å². The Kier molecular flexibility index (Phi) is 8.98. The number of sulfonamides is 1. The van der Waals surface area contributed by atoms with Crippen LogP contribution in [-0.4, -0.2) is 61.6 Å². The first kappa shape index (κ1) is 29.1. The number of aromatic nitrogens is 3. The van der Waals surface area contributed by atoms with Crippen LogP contribution in [0.5, 0.6) is 5.88 Å². The molecule has 0 N–H and O–H groups in total. The van der Waals surface area contributed by atoms with Crippen LogP contribution in [0, 0.1) is 0 Å². The highest BCUT2D eigenvalue weighted by atomic mass is 35.5. The molecule has 0 aliphatic carbocycles. The Balaban J connectivity index is 1.45. The lowest BCUT2D eigenvalue weighted by atomic mass is 10.2. The third-order valence-corrected chi connectivity index (χ3v) is 8.66. The van der Waals surface area contributed by atoms with Gasteiger partial charge in [-0.15, -0.1) is 10.2 Å². The number of ether oxygens (including phenoxy) is 3. The summed E-state index contributed by atoms with van der Waals surface area (Å²) in [6.45, 7) is 2.84. The van der Waals surface area contributed by atoms with Gasteiger partial charge in [-0.05, 0) is 55.0 Å². The van der Waals surface area contributed by atoms with Crippen LogP contribution in [0.25, 0.3) is 16.7 Å². The molecule has 3 heterocycles. The molecule has 0 saturated carbocycles. The molecule has 41 heavy (non-hydrogen) atoms. The fourth-order valence-electron chi connectivity index (χ4n) is 4.38. The van der Waals surface area contributed by atoms with Gasteiger partial charge < -0.3 is 14.2 Å². The smallest absolute Gasteiger partial charge is 0.326 e. The topological polar surface area (TPSA) is 113 Å². The number of hydrogen-bond acceptors (Lipinski definition) is 8. The zero-order valence-corrected chi connectivity index (χ0v) is 24.5. The van der Waals surface area contributed by atoms with Crippen molar-refractivity contribution in [3.63, 3.8) is 0 Å². The van der Waals surface area contributed by atoms with Crippen molar-refractivity contribution in [1.29, 1.82) is 0 Å². The van der Waals surface area contributed by atoms with E-state index in [9.17, 15) is 13.2 Å². The molecule has 216 valence electrons. The van der Waals surface area contributed by atoms with E-state index in [0.29, 0.717) is 31.3 Å². The lowest BCUT2D eigenvalue weighted by Crippen LogP contribution is -2.36. The summed E-state index contributed by atoms with van der Waals surface area (Å²) in [4.78, 5) is 12.5. The Bertz CT molecular complexity index is 1620. The average Bonchev–Trinajstić information content (AvgIpc) is 3.61. The first-order chi connectivity index (χ1) is 19.7. The van der Waals surface area contributed by atoms with Gasteiger partial charge in [0.05, 0.1) is 35.9 Å². The molecule has 2 aromatic carbocycles. The Labute approximate surface area is 247 Å². The Hall–Kier alpha value is -3.38. The minimum Gasteiger partial charge on any atom is -0.471 e. The van der Waals surface area contributed by atoms with E-state index >= 15 is 0 Å². The predicted octanol–water partition coefficient (Wildman–Crippen LogP) is 5.43. The molecule has 10 nitrogen and oxygen atoms in total. The molecule has 1 aliphatic rings. The van der Waals surface area contributed by atoms with E-state index in [1.54, 1.807) is 36.5 Å². The highest BCUT2D eigenvalue weighted by molar-refractivity contribution is 7.92. The van der Waals surface area contributed by atoms with E-state index in [-0.39, 0.29) is 33.3 Å². The van der Waals surface area contributed by atoms with Gasteiger partial charge in [-0.1, -0.05) is 36.5 Å². The minimum absolute atomic E-state index is 0.0351. The van der Waals surface area contributed by atoms with E-state index in [4.69, 9.17) is 37.4 Å². The summed E-state index contributed by atoms with van der Waals surface area (Å²) >= 11 is 12.2. The molecular weight excluding hydrogens is 591 g/mol. The molecule has 2 aromatic heterocycles. The molecular formula is C28H28Cl2N4O6S. The van der Waals surface area contributed by atoms with Gasteiger partial charge in [0.2, 0.25) is 5.88 Å². The molecule has 0 spiro atoms. The lowest BCUT2D eigenvalue weighted by Gasteiger charge is -2.24. The third kappa shape index (κ3) is 6.75. The van der Waals surface area contributed by atoms with Gasteiger partial charge in [0, 0.05) is 34.1 Å². The summed E-state index contributed by atoms with van der Waals surface area (Å²) in [6.07, 6.45) is 4.08. The number of halogens is 2. The number of benzene rings is 2. The molecule has 0 amide bonds. The van der Waals surface area contributed by atoms with Crippen LogP contribution in [0.2, 0.25) is 10.0 Å². The molecule has 0 unspecified atom stereocenters. The zero-order valence-electron chi connectivity index (χ0n) is 22.2. The predicted molar refractivity (Wildman–Crippen MR) is 156 cm³/mol. The second-order valence-electron chi connectivity index (χ2n) is 9.45. The molecule has 1 saturated heterocycles. The van der Waals surface area contributed by atoms with Crippen molar-refractivity contribution in [2.75, 3.05) is 30.7 Å². The first-order valence-electron chi connectivity index (χ1n) is 13.1. The van der Waals surface area contributed by atoms with Crippen LogP contribution >= 0.6 is 23.2 Å². The van der Waals surface area contributed by atoms with Gasteiger partial charge in [-0.25, -0.2) is 8.42 Å². The van der Waals surface area contributed by atoms with Crippen molar-refractivity contribution in [1.82, 2.24) is 14.8 Å². The van der Waals surface area contributed by atoms with Gasteiger partial charge in [0.25, 0.3) is 10.0 Å². The van der Waals surface area contributed by atoms with Gasteiger partial charge in [-0.3, -0.25) is 13.7 Å². The van der Waals surface area contributed by atoms with Gasteiger partial charge in [-0.2, -0.15) is 0 Å². The van der Waals surface area contributed by atoms with Gasteiger partial charge >= 0.3 is 5.97 Å². The fraction of sp³-hybridized carbons (Fsp3) is 0.321. The monoisotopic (exact) mass is 618 g/mol. The summed E-state index contributed by atoms with van der Waals surface area (Å²) in [5.74, 6) is 0.297. The Morgan fingerprint density at radius 1 is 1.10 bits per heavy atom. The maximum Gasteiger partial charge on any atom is 0.326 e. The normalized spacial score (nSPS) is 15.2.